The van der Waals surface area contributed by atoms with Crippen LogP contribution in [0.15, 0.2) is 18.2 Å². The highest BCUT2D eigenvalue weighted by atomic mass is 19.4. The Morgan fingerprint density at radius 3 is 2.62 bits per heavy atom. The molecule has 1 aliphatic carbocycles. The van der Waals surface area contributed by atoms with Gasteiger partial charge in [0, 0.05) is 24.3 Å². The van der Waals surface area contributed by atoms with Crippen LogP contribution in [0.5, 0.6) is 0 Å². The van der Waals surface area contributed by atoms with E-state index in [2.05, 4.69) is 5.32 Å². The topological polar surface area (TPSA) is 69.6 Å². The Morgan fingerprint density at radius 1 is 1.33 bits per heavy atom. The van der Waals surface area contributed by atoms with Gasteiger partial charge in [0.2, 0.25) is 0 Å². The van der Waals surface area contributed by atoms with E-state index in [9.17, 15) is 23.1 Å². The summed E-state index contributed by atoms with van der Waals surface area (Å²) in [7, 11) is 0. The van der Waals surface area contributed by atoms with Crippen molar-refractivity contribution in [3.05, 3.63) is 29.3 Å². The summed E-state index contributed by atoms with van der Waals surface area (Å²) in [4.78, 5) is 11.0. The molecule has 3 N–H and O–H groups in total. The maximum atomic E-state index is 12.7. The van der Waals surface area contributed by atoms with E-state index in [1.807, 2.05) is 0 Å². The maximum Gasteiger partial charge on any atom is 0.417 e. The molecule has 1 aliphatic rings. The van der Waals surface area contributed by atoms with Gasteiger partial charge in [-0.15, -0.1) is 0 Å². The molecule has 116 valence electrons. The minimum absolute atomic E-state index is 0.00406. The van der Waals surface area contributed by atoms with Crippen LogP contribution < -0.4 is 5.32 Å². The monoisotopic (exact) mass is 303 g/mol. The zero-order valence-electron chi connectivity index (χ0n) is 11.2. The van der Waals surface area contributed by atoms with E-state index >= 15 is 0 Å². The van der Waals surface area contributed by atoms with Gasteiger partial charge in [-0.05, 0) is 31.0 Å². The van der Waals surface area contributed by atoms with Crippen molar-refractivity contribution in [3.8, 4) is 0 Å². The van der Waals surface area contributed by atoms with E-state index in [1.165, 1.54) is 6.07 Å². The zero-order valence-corrected chi connectivity index (χ0v) is 11.2. The van der Waals surface area contributed by atoms with Crippen LogP contribution in [0.3, 0.4) is 0 Å². The van der Waals surface area contributed by atoms with E-state index in [-0.39, 0.29) is 18.6 Å². The molecule has 0 radical (unpaired) electrons. The average molecular weight is 303 g/mol. The first-order valence-electron chi connectivity index (χ1n) is 6.65. The Balaban J connectivity index is 2.26. The molecule has 0 spiro atoms. The van der Waals surface area contributed by atoms with Crippen LogP contribution in [0, 0.1) is 5.92 Å². The fourth-order valence-electron chi connectivity index (χ4n) is 2.72. The van der Waals surface area contributed by atoms with Gasteiger partial charge in [0.25, 0.3) is 0 Å². The number of carboxylic acids is 1. The lowest BCUT2D eigenvalue weighted by molar-refractivity contribution is -0.138. The molecule has 0 aliphatic heterocycles. The fourth-order valence-corrected chi connectivity index (χ4v) is 2.72. The molecule has 2 unspecified atom stereocenters. The molecule has 7 heteroatoms. The van der Waals surface area contributed by atoms with Crippen LogP contribution in [0.4, 0.5) is 18.9 Å². The van der Waals surface area contributed by atoms with Gasteiger partial charge in [-0.25, -0.2) is 4.79 Å². The molecule has 2 atom stereocenters. The fraction of sp³-hybridized carbons (Fsp3) is 0.500. The third kappa shape index (κ3) is 3.47. The molecular weight excluding hydrogens is 287 g/mol. The molecule has 1 aromatic carbocycles. The smallest absolute Gasteiger partial charge is 0.417 e. The summed E-state index contributed by atoms with van der Waals surface area (Å²) < 4.78 is 38.2. The standard InChI is InChI=1S/C14H16F3NO3/c15-14(16,17)11-5-4-9(6-10(11)13(20)21)18-12-3-1-2-8(12)7-19/h4-6,8,12,18-19H,1-3,7H2,(H,20,21). The summed E-state index contributed by atoms with van der Waals surface area (Å²) in [6.07, 6.45) is -2.13. The molecule has 0 bridgehead atoms. The summed E-state index contributed by atoms with van der Waals surface area (Å²) in [5.41, 5.74) is -1.61. The summed E-state index contributed by atoms with van der Waals surface area (Å²) in [6.45, 7) is 0.00406. The largest absolute Gasteiger partial charge is 0.478 e. The molecule has 21 heavy (non-hydrogen) atoms. The number of rotatable bonds is 4. The number of anilines is 1. The van der Waals surface area contributed by atoms with Gasteiger partial charge in [0.15, 0.2) is 0 Å². The summed E-state index contributed by atoms with van der Waals surface area (Å²) >= 11 is 0. The maximum absolute atomic E-state index is 12.7. The summed E-state index contributed by atoms with van der Waals surface area (Å²) in [5.74, 6) is -1.57. The molecule has 2 rings (SSSR count). The molecule has 0 aromatic heterocycles. The molecule has 0 heterocycles. The van der Waals surface area contributed by atoms with Gasteiger partial charge in [-0.1, -0.05) is 6.42 Å². The lowest BCUT2D eigenvalue weighted by Gasteiger charge is -2.21. The molecule has 1 saturated carbocycles. The number of halogens is 3. The first-order chi connectivity index (χ1) is 9.82. The summed E-state index contributed by atoms with van der Waals surface area (Å²) in [5, 5.41) is 21.2. The third-order valence-electron chi connectivity index (χ3n) is 3.80. The Morgan fingerprint density at radius 2 is 2.05 bits per heavy atom. The van der Waals surface area contributed by atoms with Gasteiger partial charge < -0.3 is 15.5 Å². The molecular formula is C14H16F3NO3. The molecule has 0 saturated heterocycles. The Bertz CT molecular complexity index is 531. The Hall–Kier alpha value is -1.76. The Labute approximate surface area is 119 Å². The minimum atomic E-state index is -4.70. The lowest BCUT2D eigenvalue weighted by atomic mass is 10.0. The van der Waals surface area contributed by atoms with Gasteiger partial charge in [-0.3, -0.25) is 0 Å². The number of nitrogens with one attached hydrogen (secondary N) is 1. The second kappa shape index (κ2) is 5.93. The van der Waals surface area contributed by atoms with Crippen LogP contribution in [-0.2, 0) is 6.18 Å². The third-order valence-corrected chi connectivity index (χ3v) is 3.80. The average Bonchev–Trinajstić information content (AvgIpc) is 2.84. The predicted molar refractivity (Wildman–Crippen MR) is 70.2 cm³/mol. The first-order valence-corrected chi connectivity index (χ1v) is 6.65. The van der Waals surface area contributed by atoms with Crippen molar-refractivity contribution in [2.24, 2.45) is 5.92 Å². The number of alkyl halides is 3. The van der Waals surface area contributed by atoms with Crippen LogP contribution in [-0.4, -0.2) is 28.8 Å². The predicted octanol–water partition coefficient (Wildman–Crippen LogP) is 2.98. The number of aromatic carboxylic acids is 1. The Kier molecular flexibility index (Phi) is 4.41. The quantitative estimate of drug-likeness (QED) is 0.800. The van der Waals surface area contributed by atoms with Gasteiger partial charge in [-0.2, -0.15) is 13.2 Å². The van der Waals surface area contributed by atoms with Crippen molar-refractivity contribution in [1.82, 2.24) is 0 Å². The number of aliphatic hydroxyl groups excluding tert-OH is 1. The van der Waals surface area contributed by atoms with Crippen LogP contribution in [0.2, 0.25) is 0 Å². The van der Waals surface area contributed by atoms with Crippen molar-refractivity contribution >= 4 is 11.7 Å². The molecule has 4 nitrogen and oxygen atoms in total. The van der Waals surface area contributed by atoms with Gasteiger partial charge >= 0.3 is 12.1 Å². The van der Waals surface area contributed by atoms with Crippen LogP contribution in [0.1, 0.15) is 35.2 Å². The van der Waals surface area contributed by atoms with Crippen molar-refractivity contribution in [1.29, 1.82) is 0 Å². The van der Waals surface area contributed by atoms with E-state index in [4.69, 9.17) is 5.11 Å². The highest BCUT2D eigenvalue weighted by Gasteiger charge is 2.35. The molecule has 0 amide bonds. The second-order valence-electron chi connectivity index (χ2n) is 5.19. The number of carboxylic acid groups (broad SMARTS) is 1. The van der Waals surface area contributed by atoms with Gasteiger partial charge in [0.05, 0.1) is 11.1 Å². The molecule has 1 aromatic rings. The van der Waals surface area contributed by atoms with E-state index in [0.717, 1.165) is 31.4 Å². The highest BCUT2D eigenvalue weighted by molar-refractivity contribution is 5.91. The first kappa shape index (κ1) is 15.6. The lowest BCUT2D eigenvalue weighted by Crippen LogP contribution is -2.26. The number of hydrogen-bond acceptors (Lipinski definition) is 3. The normalized spacial score (nSPS) is 22.3. The van der Waals surface area contributed by atoms with Crippen LogP contribution >= 0.6 is 0 Å². The summed E-state index contributed by atoms with van der Waals surface area (Å²) in [6, 6.07) is 2.95. The van der Waals surface area contributed by atoms with Crippen molar-refractivity contribution in [2.45, 2.75) is 31.5 Å². The molecule has 1 fully saturated rings. The van der Waals surface area contributed by atoms with Crippen molar-refractivity contribution in [2.75, 3.05) is 11.9 Å². The number of carbonyl (C=O) groups is 1. The van der Waals surface area contributed by atoms with E-state index in [0.29, 0.717) is 5.69 Å². The zero-order chi connectivity index (χ0) is 15.6. The minimum Gasteiger partial charge on any atom is -0.478 e. The van der Waals surface area contributed by atoms with E-state index < -0.39 is 23.3 Å². The SMILES string of the molecule is O=C(O)c1cc(NC2CCCC2CO)ccc1C(F)(F)F. The number of aliphatic hydroxyl groups is 1. The van der Waals surface area contributed by atoms with E-state index in [1.54, 1.807) is 0 Å². The van der Waals surface area contributed by atoms with Crippen molar-refractivity contribution in [3.63, 3.8) is 0 Å². The van der Waals surface area contributed by atoms with Gasteiger partial charge in [0.1, 0.15) is 0 Å². The highest BCUT2D eigenvalue weighted by Crippen LogP contribution is 2.34. The van der Waals surface area contributed by atoms with Crippen molar-refractivity contribution < 1.29 is 28.2 Å². The number of hydrogen-bond donors (Lipinski definition) is 3. The van der Waals surface area contributed by atoms with Crippen LogP contribution in [0.25, 0.3) is 0 Å². The number of benzene rings is 1. The second-order valence-corrected chi connectivity index (χ2v) is 5.19.